The molecule has 0 saturated carbocycles. The van der Waals surface area contributed by atoms with Crippen LogP contribution in [0.25, 0.3) is 0 Å². The number of carbonyl (C=O) groups is 2. The van der Waals surface area contributed by atoms with Crippen LogP contribution in [-0.2, 0) is 20.4 Å². The van der Waals surface area contributed by atoms with E-state index in [2.05, 4.69) is 16.6 Å². The van der Waals surface area contributed by atoms with E-state index < -0.39 is 29.9 Å². The van der Waals surface area contributed by atoms with Gasteiger partial charge in [0.25, 0.3) is 0 Å². The summed E-state index contributed by atoms with van der Waals surface area (Å²) >= 11 is 5.76. The Morgan fingerprint density at radius 2 is 2.00 bits per heavy atom. The number of amides is 1. The molecule has 1 rings (SSSR count). The summed E-state index contributed by atoms with van der Waals surface area (Å²) in [5.74, 6) is -0.806. The highest BCUT2D eigenvalue weighted by atomic mass is 35.5. The van der Waals surface area contributed by atoms with Gasteiger partial charge in [0, 0.05) is 0 Å². The lowest BCUT2D eigenvalue weighted by atomic mass is 10.1. The van der Waals surface area contributed by atoms with Crippen molar-refractivity contribution in [3.63, 3.8) is 0 Å². The first-order valence-electron chi connectivity index (χ1n) is 7.70. The third-order valence-electron chi connectivity index (χ3n) is 3.40. The number of ether oxygens (including phenoxy) is 2. The van der Waals surface area contributed by atoms with Gasteiger partial charge in [-0.15, -0.1) is 0 Å². The van der Waals surface area contributed by atoms with Crippen molar-refractivity contribution < 1.29 is 32.2 Å². The fourth-order valence-electron chi connectivity index (χ4n) is 1.98. The highest BCUT2D eigenvalue weighted by Gasteiger charge is 2.31. The highest BCUT2D eigenvalue weighted by molar-refractivity contribution is 6.33. The van der Waals surface area contributed by atoms with Gasteiger partial charge in [-0.3, -0.25) is 5.32 Å². The van der Waals surface area contributed by atoms with Crippen molar-refractivity contribution in [2.75, 3.05) is 12.4 Å². The van der Waals surface area contributed by atoms with E-state index in [0.717, 1.165) is 32.1 Å². The molecule has 0 aliphatic heterocycles. The molecule has 1 unspecified atom stereocenters. The van der Waals surface area contributed by atoms with Crippen LogP contribution >= 0.6 is 11.6 Å². The second-order valence-electron chi connectivity index (χ2n) is 5.39. The lowest BCUT2D eigenvalue weighted by Gasteiger charge is -2.18. The van der Waals surface area contributed by atoms with Gasteiger partial charge < -0.3 is 9.47 Å². The number of unbranched alkanes of at least 4 members (excludes halogenated alkanes) is 1. The van der Waals surface area contributed by atoms with Gasteiger partial charge in [-0.05, 0) is 36.6 Å². The zero-order valence-corrected chi connectivity index (χ0v) is 15.0. The molecular formula is C17H19ClF3NO4. The zero-order valence-electron chi connectivity index (χ0n) is 14.3. The predicted octanol–water partition coefficient (Wildman–Crippen LogP) is 5.20. The molecule has 0 bridgehead atoms. The molecule has 9 heteroatoms. The Kier molecular flexibility index (Phi) is 7.95. The number of rotatable bonds is 7. The van der Waals surface area contributed by atoms with E-state index in [9.17, 15) is 22.8 Å². The third-order valence-corrected chi connectivity index (χ3v) is 3.71. The Morgan fingerprint density at radius 3 is 2.50 bits per heavy atom. The summed E-state index contributed by atoms with van der Waals surface area (Å²) in [6, 6.07) is 2.43. The number of esters is 1. The molecule has 0 aliphatic carbocycles. The topological polar surface area (TPSA) is 64.6 Å². The summed E-state index contributed by atoms with van der Waals surface area (Å²) in [6.07, 6.45) is -4.91. The number of alkyl halides is 3. The van der Waals surface area contributed by atoms with E-state index in [0.29, 0.717) is 18.1 Å². The first kappa shape index (κ1) is 21.8. The van der Waals surface area contributed by atoms with Gasteiger partial charge in [0.2, 0.25) is 6.10 Å². The first-order valence-corrected chi connectivity index (χ1v) is 8.07. The van der Waals surface area contributed by atoms with Crippen LogP contribution in [0.3, 0.4) is 0 Å². The molecule has 26 heavy (non-hydrogen) atoms. The van der Waals surface area contributed by atoms with Gasteiger partial charge in [-0.2, -0.15) is 13.2 Å². The molecule has 1 atom stereocenters. The number of halogens is 4. The number of nitrogens with one attached hydrogen (secondary N) is 1. The Hall–Kier alpha value is -2.22. The predicted molar refractivity (Wildman–Crippen MR) is 91.0 cm³/mol. The molecule has 0 spiro atoms. The molecule has 1 aromatic carbocycles. The Balaban J connectivity index is 2.85. The van der Waals surface area contributed by atoms with Gasteiger partial charge >= 0.3 is 18.2 Å². The molecule has 0 heterocycles. The molecule has 0 fully saturated rings. The smallest absolute Gasteiger partial charge is 0.416 e. The van der Waals surface area contributed by atoms with Crippen molar-refractivity contribution in [1.82, 2.24) is 0 Å². The summed E-state index contributed by atoms with van der Waals surface area (Å²) in [7, 11) is 1.14. The van der Waals surface area contributed by atoms with Crippen LogP contribution in [0.1, 0.15) is 31.7 Å². The van der Waals surface area contributed by atoms with Crippen LogP contribution in [0.4, 0.5) is 23.7 Å². The standard InChI is InChI=1S/C17H19ClF3NO4/c1-4-5-6-10(2)14(15(23)25-3)26-16(24)22-13-8-7-11(9-12(13)18)17(19,20)21/h7-9,14H,2,4-6H2,1,3H3,(H,22,24). The van der Waals surface area contributed by atoms with Crippen LogP contribution in [-0.4, -0.2) is 25.3 Å². The van der Waals surface area contributed by atoms with E-state index >= 15 is 0 Å². The zero-order chi connectivity index (χ0) is 19.9. The van der Waals surface area contributed by atoms with Crippen LogP contribution in [0.15, 0.2) is 30.4 Å². The third kappa shape index (κ3) is 6.25. The lowest BCUT2D eigenvalue weighted by Crippen LogP contribution is -2.32. The average molecular weight is 394 g/mol. The summed E-state index contributed by atoms with van der Waals surface area (Å²) in [5.41, 5.74) is -0.693. The number of hydrogen-bond acceptors (Lipinski definition) is 4. The highest BCUT2D eigenvalue weighted by Crippen LogP contribution is 2.33. The molecule has 1 N–H and O–H groups in total. The minimum absolute atomic E-state index is 0.0903. The maximum atomic E-state index is 12.6. The van der Waals surface area contributed by atoms with Gasteiger partial charge in [0.1, 0.15) is 0 Å². The second-order valence-corrected chi connectivity index (χ2v) is 5.79. The Labute approximate surface area is 154 Å². The quantitative estimate of drug-likeness (QED) is 0.511. The van der Waals surface area contributed by atoms with Crippen molar-refractivity contribution in [1.29, 1.82) is 0 Å². The molecule has 0 aromatic heterocycles. The maximum Gasteiger partial charge on any atom is 0.416 e. The molecular weight excluding hydrogens is 375 g/mol. The maximum absolute atomic E-state index is 12.6. The van der Waals surface area contributed by atoms with Crippen LogP contribution in [0.2, 0.25) is 5.02 Å². The lowest BCUT2D eigenvalue weighted by molar-refractivity contribution is -0.148. The van der Waals surface area contributed by atoms with Gasteiger partial charge in [0.05, 0.1) is 23.4 Å². The van der Waals surface area contributed by atoms with Crippen molar-refractivity contribution in [3.05, 3.63) is 40.9 Å². The summed E-state index contributed by atoms with van der Waals surface area (Å²) in [6.45, 7) is 5.67. The molecule has 0 aliphatic rings. The molecule has 5 nitrogen and oxygen atoms in total. The van der Waals surface area contributed by atoms with Gasteiger partial charge in [-0.1, -0.05) is 31.5 Å². The van der Waals surface area contributed by atoms with Crippen molar-refractivity contribution in [2.45, 2.75) is 38.5 Å². The van der Waals surface area contributed by atoms with Crippen LogP contribution < -0.4 is 5.32 Å². The summed E-state index contributed by atoms with van der Waals surface area (Å²) in [5, 5.41) is 1.88. The summed E-state index contributed by atoms with van der Waals surface area (Å²) < 4.78 is 47.5. The van der Waals surface area contributed by atoms with E-state index in [4.69, 9.17) is 16.3 Å². The van der Waals surface area contributed by atoms with Crippen molar-refractivity contribution in [2.24, 2.45) is 0 Å². The SMILES string of the molecule is C=C(CCCC)C(OC(=O)Nc1ccc(C(F)(F)F)cc1Cl)C(=O)OC. The molecule has 1 aromatic rings. The molecule has 1 amide bonds. The van der Waals surface area contributed by atoms with Crippen molar-refractivity contribution >= 4 is 29.4 Å². The summed E-state index contributed by atoms with van der Waals surface area (Å²) in [4.78, 5) is 23.8. The number of methoxy groups -OCH3 is 1. The first-order chi connectivity index (χ1) is 12.1. The molecule has 144 valence electrons. The van der Waals surface area contributed by atoms with E-state index in [1.807, 2.05) is 6.92 Å². The molecule has 0 saturated heterocycles. The molecule has 0 radical (unpaired) electrons. The van der Waals surface area contributed by atoms with Crippen LogP contribution in [0, 0.1) is 0 Å². The van der Waals surface area contributed by atoms with Crippen molar-refractivity contribution in [3.8, 4) is 0 Å². The fourth-order valence-corrected chi connectivity index (χ4v) is 2.21. The van der Waals surface area contributed by atoms with Gasteiger partial charge in [-0.25, -0.2) is 9.59 Å². The minimum atomic E-state index is -4.56. The van der Waals surface area contributed by atoms with E-state index in [-0.39, 0.29) is 10.7 Å². The second kappa shape index (κ2) is 9.47. The number of carbonyl (C=O) groups excluding carboxylic acids is 2. The number of anilines is 1. The number of hydrogen-bond donors (Lipinski definition) is 1. The normalized spacial score (nSPS) is 12.2. The largest absolute Gasteiger partial charge is 0.466 e. The van der Waals surface area contributed by atoms with Crippen LogP contribution in [0.5, 0.6) is 0 Å². The average Bonchev–Trinajstić information content (AvgIpc) is 2.57. The Morgan fingerprint density at radius 1 is 1.35 bits per heavy atom. The van der Waals surface area contributed by atoms with E-state index in [1.54, 1.807) is 0 Å². The van der Waals surface area contributed by atoms with Gasteiger partial charge in [0.15, 0.2) is 0 Å². The monoisotopic (exact) mass is 393 g/mol. The number of benzene rings is 1. The fraction of sp³-hybridized carbons (Fsp3) is 0.412. The minimum Gasteiger partial charge on any atom is -0.466 e. The Bertz CT molecular complexity index is 676. The van der Waals surface area contributed by atoms with E-state index in [1.165, 1.54) is 0 Å².